The maximum Gasteiger partial charge on any atom is 0.243 e. The standard InChI is InChI=1S/C14H16N2O2S/c1-11-6-5-9-13(15)14(11)19(17,18)16-10-12-7-3-2-4-8-12/h2-9,16H,10,15H2,1H3. The third kappa shape index (κ3) is 3.13. The molecule has 0 saturated heterocycles. The van der Waals surface area contributed by atoms with Crippen LogP contribution in [-0.4, -0.2) is 8.42 Å². The molecule has 0 radical (unpaired) electrons. The van der Waals surface area contributed by atoms with E-state index in [1.807, 2.05) is 30.3 Å². The molecule has 0 aliphatic heterocycles. The van der Waals surface area contributed by atoms with Crippen LogP contribution < -0.4 is 10.5 Å². The zero-order valence-electron chi connectivity index (χ0n) is 10.6. The Labute approximate surface area is 113 Å². The average molecular weight is 276 g/mol. The van der Waals surface area contributed by atoms with E-state index in [1.165, 1.54) is 0 Å². The Hall–Kier alpha value is -1.85. The fraction of sp³-hybridized carbons (Fsp3) is 0.143. The zero-order chi connectivity index (χ0) is 13.9. The van der Waals surface area contributed by atoms with Crippen molar-refractivity contribution >= 4 is 15.7 Å². The summed E-state index contributed by atoms with van der Waals surface area (Å²) in [5, 5.41) is 0. The lowest BCUT2D eigenvalue weighted by molar-refractivity contribution is 0.581. The summed E-state index contributed by atoms with van der Waals surface area (Å²) >= 11 is 0. The monoisotopic (exact) mass is 276 g/mol. The van der Waals surface area contributed by atoms with Crippen LogP contribution in [-0.2, 0) is 16.6 Å². The van der Waals surface area contributed by atoms with E-state index in [2.05, 4.69) is 4.72 Å². The number of nitrogens with two attached hydrogens (primary N) is 1. The number of aryl methyl sites for hydroxylation is 1. The fourth-order valence-corrected chi connectivity index (χ4v) is 3.26. The molecule has 2 aromatic rings. The smallest absolute Gasteiger partial charge is 0.243 e. The Balaban J connectivity index is 2.24. The molecule has 0 bridgehead atoms. The number of nitrogens with one attached hydrogen (secondary N) is 1. The highest BCUT2D eigenvalue weighted by Gasteiger charge is 2.19. The quantitative estimate of drug-likeness (QED) is 0.840. The molecule has 0 aliphatic rings. The second-order valence-electron chi connectivity index (χ2n) is 4.30. The van der Waals surface area contributed by atoms with Crippen LogP contribution in [0.5, 0.6) is 0 Å². The minimum atomic E-state index is -3.59. The van der Waals surface area contributed by atoms with E-state index in [4.69, 9.17) is 5.73 Å². The molecule has 0 aromatic heterocycles. The summed E-state index contributed by atoms with van der Waals surface area (Å²) in [5.41, 5.74) is 7.56. The van der Waals surface area contributed by atoms with Crippen molar-refractivity contribution in [3.05, 3.63) is 59.7 Å². The van der Waals surface area contributed by atoms with Gasteiger partial charge in [-0.15, -0.1) is 0 Å². The second-order valence-corrected chi connectivity index (χ2v) is 6.01. The molecule has 0 fully saturated rings. The minimum absolute atomic E-state index is 0.158. The molecule has 0 unspecified atom stereocenters. The lowest BCUT2D eigenvalue weighted by Crippen LogP contribution is -2.25. The van der Waals surface area contributed by atoms with Crippen molar-refractivity contribution in [2.45, 2.75) is 18.4 Å². The molecular weight excluding hydrogens is 260 g/mol. The third-order valence-electron chi connectivity index (χ3n) is 2.82. The highest BCUT2D eigenvalue weighted by atomic mass is 32.2. The molecule has 2 aromatic carbocycles. The Bertz CT molecular complexity index is 647. The van der Waals surface area contributed by atoms with Gasteiger partial charge in [0.05, 0.1) is 5.69 Å². The SMILES string of the molecule is Cc1cccc(N)c1S(=O)(=O)NCc1ccccc1. The Morgan fingerprint density at radius 2 is 1.74 bits per heavy atom. The molecule has 4 nitrogen and oxygen atoms in total. The Kier molecular flexibility index (Phi) is 3.87. The van der Waals surface area contributed by atoms with Crippen molar-refractivity contribution in [2.24, 2.45) is 0 Å². The van der Waals surface area contributed by atoms with Gasteiger partial charge in [-0.25, -0.2) is 13.1 Å². The van der Waals surface area contributed by atoms with Crippen molar-refractivity contribution < 1.29 is 8.42 Å². The lowest BCUT2D eigenvalue weighted by Gasteiger charge is -2.11. The molecule has 2 rings (SSSR count). The number of rotatable bonds is 4. The molecule has 0 heterocycles. The molecule has 5 heteroatoms. The Morgan fingerprint density at radius 1 is 1.05 bits per heavy atom. The van der Waals surface area contributed by atoms with E-state index in [9.17, 15) is 8.42 Å². The average Bonchev–Trinajstić information content (AvgIpc) is 2.37. The van der Waals surface area contributed by atoms with E-state index in [1.54, 1.807) is 25.1 Å². The molecule has 3 N–H and O–H groups in total. The van der Waals surface area contributed by atoms with E-state index in [-0.39, 0.29) is 17.1 Å². The molecule has 0 spiro atoms. The first-order chi connectivity index (χ1) is 9.00. The fourth-order valence-electron chi connectivity index (χ4n) is 1.89. The summed E-state index contributed by atoms with van der Waals surface area (Å²) in [4.78, 5) is 0.158. The maximum atomic E-state index is 12.3. The maximum absolute atomic E-state index is 12.3. The van der Waals surface area contributed by atoms with Crippen LogP contribution in [0.3, 0.4) is 0 Å². The van der Waals surface area contributed by atoms with Gasteiger partial charge in [-0.05, 0) is 24.1 Å². The summed E-state index contributed by atoms with van der Waals surface area (Å²) < 4.78 is 27.1. The molecule has 0 saturated carbocycles. The topological polar surface area (TPSA) is 72.2 Å². The summed E-state index contributed by atoms with van der Waals surface area (Å²) in [6.07, 6.45) is 0. The summed E-state index contributed by atoms with van der Waals surface area (Å²) in [6.45, 7) is 1.98. The van der Waals surface area contributed by atoms with Gasteiger partial charge in [0.15, 0.2) is 0 Å². The van der Waals surface area contributed by atoms with Crippen molar-refractivity contribution in [2.75, 3.05) is 5.73 Å². The molecule has 19 heavy (non-hydrogen) atoms. The van der Waals surface area contributed by atoms with Crippen LogP contribution in [0, 0.1) is 6.92 Å². The number of anilines is 1. The number of sulfonamides is 1. The summed E-state index contributed by atoms with van der Waals surface area (Å²) in [5.74, 6) is 0. The number of hydrogen-bond donors (Lipinski definition) is 2. The first kappa shape index (κ1) is 13.6. The first-order valence-electron chi connectivity index (χ1n) is 5.89. The van der Waals surface area contributed by atoms with E-state index in [0.717, 1.165) is 5.56 Å². The third-order valence-corrected chi connectivity index (χ3v) is 4.44. The van der Waals surface area contributed by atoms with Gasteiger partial charge in [0, 0.05) is 6.54 Å². The molecule has 100 valence electrons. The van der Waals surface area contributed by atoms with Gasteiger partial charge in [-0.2, -0.15) is 0 Å². The van der Waals surface area contributed by atoms with Crippen LogP contribution in [0.15, 0.2) is 53.4 Å². The molecular formula is C14H16N2O2S. The van der Waals surface area contributed by atoms with Gasteiger partial charge in [0.1, 0.15) is 4.90 Å². The minimum Gasteiger partial charge on any atom is -0.398 e. The van der Waals surface area contributed by atoms with Crippen LogP contribution >= 0.6 is 0 Å². The first-order valence-corrected chi connectivity index (χ1v) is 7.38. The second kappa shape index (κ2) is 5.42. The van der Waals surface area contributed by atoms with Crippen molar-refractivity contribution in [1.82, 2.24) is 4.72 Å². The molecule has 0 amide bonds. The van der Waals surface area contributed by atoms with Gasteiger partial charge < -0.3 is 5.73 Å². The molecule has 0 atom stereocenters. The Morgan fingerprint density at radius 3 is 2.37 bits per heavy atom. The van der Waals surface area contributed by atoms with E-state index < -0.39 is 10.0 Å². The van der Waals surface area contributed by atoms with Crippen LogP contribution in [0.2, 0.25) is 0 Å². The van der Waals surface area contributed by atoms with Crippen molar-refractivity contribution in [1.29, 1.82) is 0 Å². The predicted octanol–water partition coefficient (Wildman–Crippen LogP) is 2.06. The summed E-state index contributed by atoms with van der Waals surface area (Å²) in [6, 6.07) is 14.4. The van der Waals surface area contributed by atoms with Gasteiger partial charge in [0.25, 0.3) is 0 Å². The van der Waals surface area contributed by atoms with Gasteiger partial charge in [-0.3, -0.25) is 0 Å². The van der Waals surface area contributed by atoms with Crippen LogP contribution in [0.1, 0.15) is 11.1 Å². The largest absolute Gasteiger partial charge is 0.398 e. The predicted molar refractivity (Wildman–Crippen MR) is 76.1 cm³/mol. The number of nitrogen functional groups attached to an aromatic ring is 1. The van der Waals surface area contributed by atoms with Crippen molar-refractivity contribution in [3.63, 3.8) is 0 Å². The molecule has 0 aliphatic carbocycles. The number of benzene rings is 2. The van der Waals surface area contributed by atoms with E-state index in [0.29, 0.717) is 5.56 Å². The van der Waals surface area contributed by atoms with Gasteiger partial charge in [-0.1, -0.05) is 42.5 Å². The highest BCUT2D eigenvalue weighted by Crippen LogP contribution is 2.22. The van der Waals surface area contributed by atoms with Crippen LogP contribution in [0.4, 0.5) is 5.69 Å². The lowest BCUT2D eigenvalue weighted by atomic mass is 10.2. The summed E-state index contributed by atoms with van der Waals surface area (Å²) in [7, 11) is -3.59. The van der Waals surface area contributed by atoms with Crippen molar-refractivity contribution in [3.8, 4) is 0 Å². The van der Waals surface area contributed by atoms with Crippen LogP contribution in [0.25, 0.3) is 0 Å². The highest BCUT2D eigenvalue weighted by molar-refractivity contribution is 7.89. The number of hydrogen-bond acceptors (Lipinski definition) is 3. The van der Waals surface area contributed by atoms with Gasteiger partial charge in [0.2, 0.25) is 10.0 Å². The van der Waals surface area contributed by atoms with Gasteiger partial charge >= 0.3 is 0 Å². The normalized spacial score (nSPS) is 11.4. The zero-order valence-corrected chi connectivity index (χ0v) is 11.4. The van der Waals surface area contributed by atoms with E-state index >= 15 is 0 Å².